The molecule has 2 aromatic carbocycles. The second kappa shape index (κ2) is 6.37. The highest BCUT2D eigenvalue weighted by atomic mass is 15.1. The van der Waals surface area contributed by atoms with E-state index in [0.29, 0.717) is 6.54 Å². The van der Waals surface area contributed by atoms with E-state index in [9.17, 15) is 0 Å². The van der Waals surface area contributed by atoms with Gasteiger partial charge < -0.3 is 10.6 Å². The van der Waals surface area contributed by atoms with Gasteiger partial charge in [0.2, 0.25) is 0 Å². The molecule has 0 radical (unpaired) electrons. The summed E-state index contributed by atoms with van der Waals surface area (Å²) < 4.78 is 0. The zero-order chi connectivity index (χ0) is 14.5. The summed E-state index contributed by atoms with van der Waals surface area (Å²) in [6, 6.07) is 20.7. The van der Waals surface area contributed by atoms with Crippen LogP contribution in [0.4, 0.5) is 11.4 Å². The molecule has 1 aromatic heterocycles. The molecule has 0 saturated carbocycles. The van der Waals surface area contributed by atoms with E-state index in [0.717, 1.165) is 18.5 Å². The van der Waals surface area contributed by atoms with Crippen molar-refractivity contribution < 1.29 is 0 Å². The van der Waals surface area contributed by atoms with Gasteiger partial charge in [-0.15, -0.1) is 0 Å². The highest BCUT2D eigenvalue weighted by Crippen LogP contribution is 2.31. The van der Waals surface area contributed by atoms with Crippen molar-refractivity contribution >= 4 is 22.3 Å². The number of nitrogens with two attached hydrogens (primary N) is 1. The van der Waals surface area contributed by atoms with Crippen LogP contribution in [0.3, 0.4) is 0 Å². The quantitative estimate of drug-likeness (QED) is 0.773. The number of aromatic nitrogens is 1. The molecule has 1 heterocycles. The van der Waals surface area contributed by atoms with E-state index in [2.05, 4.69) is 52.3 Å². The largest absolute Gasteiger partial charge is 0.341 e. The van der Waals surface area contributed by atoms with Crippen LogP contribution in [0.2, 0.25) is 0 Å². The van der Waals surface area contributed by atoms with E-state index in [4.69, 9.17) is 5.73 Å². The molecule has 0 aliphatic carbocycles. The Bertz CT molecular complexity index is 704. The maximum atomic E-state index is 5.71. The Morgan fingerprint density at radius 1 is 0.905 bits per heavy atom. The summed E-state index contributed by atoms with van der Waals surface area (Å²) >= 11 is 0. The average molecular weight is 277 g/mol. The highest BCUT2D eigenvalue weighted by molar-refractivity contribution is 5.93. The lowest BCUT2D eigenvalue weighted by atomic mass is 10.1. The zero-order valence-electron chi connectivity index (χ0n) is 11.9. The van der Waals surface area contributed by atoms with Gasteiger partial charge in [0.1, 0.15) is 0 Å². The first-order valence-electron chi connectivity index (χ1n) is 7.26. The van der Waals surface area contributed by atoms with Crippen molar-refractivity contribution in [2.45, 2.75) is 6.42 Å². The van der Waals surface area contributed by atoms with E-state index in [1.165, 1.54) is 16.8 Å². The summed E-state index contributed by atoms with van der Waals surface area (Å²) in [5.41, 5.74) is 9.09. The lowest BCUT2D eigenvalue weighted by Crippen LogP contribution is -2.21. The van der Waals surface area contributed by atoms with Gasteiger partial charge in [0.25, 0.3) is 0 Å². The van der Waals surface area contributed by atoms with Crippen LogP contribution in [-0.2, 0) is 0 Å². The number of benzene rings is 2. The summed E-state index contributed by atoms with van der Waals surface area (Å²) in [6.45, 7) is 1.58. The Balaban J connectivity index is 2.10. The summed E-state index contributed by atoms with van der Waals surface area (Å²) in [7, 11) is 0. The van der Waals surface area contributed by atoms with Gasteiger partial charge >= 0.3 is 0 Å². The molecule has 21 heavy (non-hydrogen) atoms. The van der Waals surface area contributed by atoms with Gasteiger partial charge in [0, 0.05) is 23.8 Å². The first-order valence-corrected chi connectivity index (χ1v) is 7.26. The molecule has 0 saturated heterocycles. The highest BCUT2D eigenvalue weighted by Gasteiger charge is 2.11. The molecule has 0 spiro atoms. The molecule has 0 amide bonds. The van der Waals surface area contributed by atoms with Crippen LogP contribution < -0.4 is 10.6 Å². The van der Waals surface area contributed by atoms with Gasteiger partial charge in [-0.3, -0.25) is 4.98 Å². The van der Waals surface area contributed by atoms with Crippen molar-refractivity contribution in [3.8, 4) is 0 Å². The lowest BCUT2D eigenvalue weighted by Gasteiger charge is -2.26. The van der Waals surface area contributed by atoms with E-state index >= 15 is 0 Å². The number of hydrogen-bond acceptors (Lipinski definition) is 3. The van der Waals surface area contributed by atoms with Gasteiger partial charge in [-0.1, -0.05) is 36.4 Å². The SMILES string of the molecule is NCCCN(c1ccccc1)c1ccnc2ccccc12. The van der Waals surface area contributed by atoms with E-state index in [1.54, 1.807) is 0 Å². The van der Waals surface area contributed by atoms with Gasteiger partial charge in [-0.05, 0) is 37.2 Å². The molecule has 3 heteroatoms. The Morgan fingerprint density at radius 2 is 1.67 bits per heavy atom. The number of fused-ring (bicyclic) bond motifs is 1. The van der Waals surface area contributed by atoms with Gasteiger partial charge in [0.05, 0.1) is 11.2 Å². The lowest BCUT2D eigenvalue weighted by molar-refractivity contribution is 0.819. The molecule has 3 aromatic rings. The molecule has 3 rings (SSSR count). The molecule has 0 bridgehead atoms. The molecule has 2 N–H and O–H groups in total. The maximum Gasteiger partial charge on any atom is 0.0722 e. The fourth-order valence-electron chi connectivity index (χ4n) is 2.56. The third kappa shape index (κ3) is 2.88. The van der Waals surface area contributed by atoms with Crippen molar-refractivity contribution in [3.05, 3.63) is 66.9 Å². The summed E-state index contributed by atoms with van der Waals surface area (Å²) in [4.78, 5) is 6.76. The van der Waals surface area contributed by atoms with Gasteiger partial charge in [-0.25, -0.2) is 0 Å². The first kappa shape index (κ1) is 13.6. The molecule has 0 aliphatic heterocycles. The number of nitrogens with zero attached hydrogens (tertiary/aromatic N) is 2. The van der Waals surface area contributed by atoms with Crippen LogP contribution in [-0.4, -0.2) is 18.1 Å². The van der Waals surface area contributed by atoms with Crippen LogP contribution in [0.1, 0.15) is 6.42 Å². The second-order valence-corrected chi connectivity index (χ2v) is 4.98. The monoisotopic (exact) mass is 277 g/mol. The minimum Gasteiger partial charge on any atom is -0.341 e. The third-order valence-corrected chi connectivity index (χ3v) is 3.57. The molecule has 3 nitrogen and oxygen atoms in total. The van der Waals surface area contributed by atoms with Crippen LogP contribution in [0.5, 0.6) is 0 Å². The van der Waals surface area contributed by atoms with Crippen LogP contribution in [0.25, 0.3) is 10.9 Å². The third-order valence-electron chi connectivity index (χ3n) is 3.57. The van der Waals surface area contributed by atoms with Crippen molar-refractivity contribution in [1.29, 1.82) is 0 Å². The molecule has 0 unspecified atom stereocenters. The smallest absolute Gasteiger partial charge is 0.0722 e. The Labute approximate surface area is 125 Å². The van der Waals surface area contributed by atoms with E-state index < -0.39 is 0 Å². The number of para-hydroxylation sites is 2. The first-order chi connectivity index (χ1) is 10.4. The molecule has 0 atom stereocenters. The van der Waals surface area contributed by atoms with E-state index in [-0.39, 0.29) is 0 Å². The minimum absolute atomic E-state index is 0.687. The normalized spacial score (nSPS) is 10.7. The van der Waals surface area contributed by atoms with E-state index in [1.807, 2.05) is 24.4 Å². The fraction of sp³-hybridized carbons (Fsp3) is 0.167. The standard InChI is InChI=1S/C18H19N3/c19-12-6-14-21(15-7-2-1-3-8-15)18-11-13-20-17-10-5-4-9-16(17)18/h1-5,7-11,13H,6,12,14,19H2. The van der Waals surface area contributed by atoms with Crippen LogP contribution in [0.15, 0.2) is 66.9 Å². The molecule has 0 aliphatic rings. The van der Waals surface area contributed by atoms with Crippen molar-refractivity contribution in [1.82, 2.24) is 4.98 Å². The molecule has 0 fully saturated rings. The average Bonchev–Trinajstić information content (AvgIpc) is 2.56. The summed E-state index contributed by atoms with van der Waals surface area (Å²) in [6.07, 6.45) is 2.82. The topological polar surface area (TPSA) is 42.1 Å². The Kier molecular flexibility index (Phi) is 4.12. The van der Waals surface area contributed by atoms with Crippen molar-refractivity contribution in [3.63, 3.8) is 0 Å². The predicted octanol–water partition coefficient (Wildman–Crippen LogP) is 3.72. The summed E-state index contributed by atoms with van der Waals surface area (Å²) in [5, 5.41) is 1.17. The molecule has 106 valence electrons. The Hall–Kier alpha value is -2.39. The Morgan fingerprint density at radius 3 is 2.48 bits per heavy atom. The van der Waals surface area contributed by atoms with Crippen LogP contribution >= 0.6 is 0 Å². The number of anilines is 2. The number of hydrogen-bond donors (Lipinski definition) is 1. The maximum absolute atomic E-state index is 5.71. The molecular formula is C18H19N3. The van der Waals surface area contributed by atoms with Gasteiger partial charge in [-0.2, -0.15) is 0 Å². The predicted molar refractivity (Wildman–Crippen MR) is 88.9 cm³/mol. The fourth-order valence-corrected chi connectivity index (χ4v) is 2.56. The summed E-state index contributed by atoms with van der Waals surface area (Å²) in [5.74, 6) is 0. The van der Waals surface area contributed by atoms with Gasteiger partial charge in [0.15, 0.2) is 0 Å². The number of rotatable bonds is 5. The van der Waals surface area contributed by atoms with Crippen molar-refractivity contribution in [2.75, 3.05) is 18.0 Å². The minimum atomic E-state index is 0.687. The number of pyridine rings is 1. The molecular weight excluding hydrogens is 258 g/mol. The van der Waals surface area contributed by atoms with Crippen LogP contribution in [0, 0.1) is 0 Å². The van der Waals surface area contributed by atoms with Crippen molar-refractivity contribution in [2.24, 2.45) is 5.73 Å². The second-order valence-electron chi connectivity index (χ2n) is 4.98. The zero-order valence-corrected chi connectivity index (χ0v) is 11.9.